The molecule has 0 aliphatic heterocycles. The van der Waals surface area contributed by atoms with Crippen molar-refractivity contribution >= 4 is 0 Å². The Morgan fingerprint density at radius 1 is 0.889 bits per heavy atom. The Hall–Kier alpha value is -0.0800. The summed E-state index contributed by atoms with van der Waals surface area (Å²) in [4.78, 5) is 2.64. The van der Waals surface area contributed by atoms with Crippen LogP contribution < -0.4 is 5.73 Å². The van der Waals surface area contributed by atoms with Gasteiger partial charge in [0.25, 0.3) is 0 Å². The summed E-state index contributed by atoms with van der Waals surface area (Å²) >= 11 is 0. The van der Waals surface area contributed by atoms with Crippen LogP contribution in [-0.4, -0.2) is 31.1 Å². The van der Waals surface area contributed by atoms with Crippen molar-refractivity contribution in [1.29, 1.82) is 0 Å². The average molecular weight is 256 g/mol. The zero-order chi connectivity index (χ0) is 14.2. The molecule has 2 heteroatoms. The van der Waals surface area contributed by atoms with Crippen molar-refractivity contribution in [1.82, 2.24) is 4.90 Å². The molecule has 0 radical (unpaired) electrons. The summed E-state index contributed by atoms with van der Waals surface area (Å²) in [6.45, 7) is 18.3. The molecule has 0 aromatic rings. The van der Waals surface area contributed by atoms with Crippen LogP contribution in [0.2, 0.25) is 0 Å². The second-order valence-corrected chi connectivity index (χ2v) is 7.33. The highest BCUT2D eigenvalue weighted by atomic mass is 15.1. The Balaban J connectivity index is 4.11. The van der Waals surface area contributed by atoms with Gasteiger partial charge in [-0.25, -0.2) is 0 Å². The lowest BCUT2D eigenvalue weighted by molar-refractivity contribution is 0.203. The maximum absolute atomic E-state index is 5.82. The van der Waals surface area contributed by atoms with Gasteiger partial charge in [0, 0.05) is 0 Å². The second kappa shape index (κ2) is 8.92. The molecule has 0 fully saturated rings. The van der Waals surface area contributed by atoms with Gasteiger partial charge in [-0.05, 0) is 62.7 Å². The number of nitrogens with zero attached hydrogens (tertiary/aromatic N) is 1. The molecule has 0 saturated heterocycles. The third-order valence-electron chi connectivity index (χ3n) is 3.70. The fourth-order valence-electron chi connectivity index (χ4n) is 1.78. The largest absolute Gasteiger partial charge is 0.330 e. The first-order valence-corrected chi connectivity index (χ1v) is 7.69. The van der Waals surface area contributed by atoms with E-state index in [1.165, 1.54) is 38.9 Å². The van der Waals surface area contributed by atoms with E-state index in [-0.39, 0.29) is 5.41 Å². The van der Waals surface area contributed by atoms with Gasteiger partial charge in [-0.1, -0.05) is 41.5 Å². The molecule has 2 N–H and O–H groups in total. The lowest BCUT2D eigenvalue weighted by atomic mass is 9.89. The van der Waals surface area contributed by atoms with Crippen LogP contribution in [0.5, 0.6) is 0 Å². The van der Waals surface area contributed by atoms with Crippen molar-refractivity contribution < 1.29 is 0 Å². The number of hydrogen-bond donors (Lipinski definition) is 1. The predicted octanol–water partition coefficient (Wildman–Crippen LogP) is 3.76. The normalized spacial score (nSPS) is 13.0. The number of rotatable bonds is 10. The average Bonchev–Trinajstić information content (AvgIpc) is 2.27. The maximum atomic E-state index is 5.82. The minimum absolute atomic E-state index is 0.286. The molecule has 0 heterocycles. The SMILES string of the molecule is CC(C)CCN(CCC(C)C)CCC(C)(C)CN. The summed E-state index contributed by atoms with van der Waals surface area (Å²) in [6, 6.07) is 0. The Bertz CT molecular complexity index is 185. The van der Waals surface area contributed by atoms with Crippen LogP contribution in [0.15, 0.2) is 0 Å². The summed E-state index contributed by atoms with van der Waals surface area (Å²) in [5.41, 5.74) is 6.10. The van der Waals surface area contributed by atoms with Crippen LogP contribution in [-0.2, 0) is 0 Å². The molecule has 0 aliphatic rings. The van der Waals surface area contributed by atoms with Crippen molar-refractivity contribution in [3.8, 4) is 0 Å². The molecule has 0 atom stereocenters. The van der Waals surface area contributed by atoms with Crippen LogP contribution >= 0.6 is 0 Å². The molecule has 110 valence electrons. The van der Waals surface area contributed by atoms with Crippen molar-refractivity contribution in [3.63, 3.8) is 0 Å². The molecule has 18 heavy (non-hydrogen) atoms. The first kappa shape index (κ1) is 17.9. The zero-order valence-electron chi connectivity index (χ0n) is 13.6. The van der Waals surface area contributed by atoms with Gasteiger partial charge < -0.3 is 10.6 Å². The topological polar surface area (TPSA) is 29.3 Å². The molecule has 0 aromatic carbocycles. The fourth-order valence-corrected chi connectivity index (χ4v) is 1.78. The van der Waals surface area contributed by atoms with E-state index < -0.39 is 0 Å². The fraction of sp³-hybridized carbons (Fsp3) is 1.00. The highest BCUT2D eigenvalue weighted by Gasteiger charge is 2.17. The van der Waals surface area contributed by atoms with E-state index in [1.54, 1.807) is 0 Å². The van der Waals surface area contributed by atoms with Gasteiger partial charge in [-0.15, -0.1) is 0 Å². The van der Waals surface area contributed by atoms with Gasteiger partial charge in [0.05, 0.1) is 0 Å². The lowest BCUT2D eigenvalue weighted by Gasteiger charge is -2.29. The number of nitrogens with two attached hydrogens (primary N) is 1. The lowest BCUT2D eigenvalue weighted by Crippen LogP contribution is -2.34. The van der Waals surface area contributed by atoms with Gasteiger partial charge in [0.1, 0.15) is 0 Å². The molecule has 0 aliphatic carbocycles. The predicted molar refractivity (Wildman–Crippen MR) is 82.8 cm³/mol. The van der Waals surface area contributed by atoms with Gasteiger partial charge in [0.15, 0.2) is 0 Å². The molecule has 0 bridgehead atoms. The molecule has 2 nitrogen and oxygen atoms in total. The summed E-state index contributed by atoms with van der Waals surface area (Å²) in [5, 5.41) is 0. The van der Waals surface area contributed by atoms with E-state index in [2.05, 4.69) is 46.4 Å². The van der Waals surface area contributed by atoms with Crippen molar-refractivity contribution in [2.24, 2.45) is 23.0 Å². The standard InChI is InChI=1S/C16H36N2/c1-14(2)7-10-18(11-8-15(3)4)12-9-16(5,6)13-17/h14-15H,7-13,17H2,1-6H3. The first-order chi connectivity index (χ1) is 8.26. The van der Waals surface area contributed by atoms with Crippen molar-refractivity contribution in [2.45, 2.75) is 60.8 Å². The smallest absolute Gasteiger partial charge is 0.00132 e. The quantitative estimate of drug-likeness (QED) is 0.645. The minimum Gasteiger partial charge on any atom is -0.330 e. The van der Waals surface area contributed by atoms with E-state index in [0.717, 1.165) is 18.4 Å². The monoisotopic (exact) mass is 256 g/mol. The van der Waals surface area contributed by atoms with E-state index >= 15 is 0 Å². The third-order valence-corrected chi connectivity index (χ3v) is 3.70. The Kier molecular flexibility index (Phi) is 8.89. The summed E-state index contributed by atoms with van der Waals surface area (Å²) in [5.74, 6) is 1.60. The van der Waals surface area contributed by atoms with Gasteiger partial charge in [0.2, 0.25) is 0 Å². The second-order valence-electron chi connectivity index (χ2n) is 7.33. The molecule has 0 amide bonds. The van der Waals surface area contributed by atoms with Crippen LogP contribution in [0.4, 0.5) is 0 Å². The molecule has 0 aromatic heterocycles. The van der Waals surface area contributed by atoms with E-state index in [4.69, 9.17) is 5.73 Å². The molecular weight excluding hydrogens is 220 g/mol. The van der Waals surface area contributed by atoms with Crippen molar-refractivity contribution in [2.75, 3.05) is 26.2 Å². The Morgan fingerprint density at radius 3 is 1.67 bits per heavy atom. The minimum atomic E-state index is 0.286. The summed E-state index contributed by atoms with van der Waals surface area (Å²) in [6.07, 6.45) is 3.82. The molecular formula is C16H36N2. The van der Waals surface area contributed by atoms with Crippen molar-refractivity contribution in [3.05, 3.63) is 0 Å². The highest BCUT2D eigenvalue weighted by molar-refractivity contribution is 4.72. The molecule has 0 spiro atoms. The molecule has 0 unspecified atom stereocenters. The van der Waals surface area contributed by atoms with E-state index in [1.807, 2.05) is 0 Å². The summed E-state index contributed by atoms with van der Waals surface area (Å²) in [7, 11) is 0. The van der Waals surface area contributed by atoms with E-state index in [0.29, 0.717) is 0 Å². The zero-order valence-corrected chi connectivity index (χ0v) is 13.6. The number of hydrogen-bond acceptors (Lipinski definition) is 2. The van der Waals surface area contributed by atoms with Crippen LogP contribution in [0.3, 0.4) is 0 Å². The van der Waals surface area contributed by atoms with Crippen LogP contribution in [0.25, 0.3) is 0 Å². The summed E-state index contributed by atoms with van der Waals surface area (Å²) < 4.78 is 0. The van der Waals surface area contributed by atoms with Crippen LogP contribution in [0, 0.1) is 17.3 Å². The first-order valence-electron chi connectivity index (χ1n) is 7.69. The van der Waals surface area contributed by atoms with Crippen LogP contribution in [0.1, 0.15) is 60.8 Å². The van der Waals surface area contributed by atoms with E-state index in [9.17, 15) is 0 Å². The Labute approximate surface area is 115 Å². The van der Waals surface area contributed by atoms with Gasteiger partial charge in [-0.2, -0.15) is 0 Å². The highest BCUT2D eigenvalue weighted by Crippen LogP contribution is 2.19. The molecule has 0 rings (SSSR count). The van der Waals surface area contributed by atoms with Gasteiger partial charge in [-0.3, -0.25) is 0 Å². The maximum Gasteiger partial charge on any atom is -0.00132 e. The molecule has 0 saturated carbocycles. The third kappa shape index (κ3) is 9.90. The van der Waals surface area contributed by atoms with Gasteiger partial charge >= 0.3 is 0 Å². The Morgan fingerprint density at radius 2 is 1.33 bits per heavy atom.